The van der Waals surface area contributed by atoms with Crippen LogP contribution in [0.25, 0.3) is 0 Å². The number of pyridine rings is 1. The monoisotopic (exact) mass is 316 g/mol. The van der Waals surface area contributed by atoms with Crippen LogP contribution < -0.4 is 10.6 Å². The van der Waals surface area contributed by atoms with Crippen LogP contribution >= 0.6 is 0 Å². The molecule has 23 heavy (non-hydrogen) atoms. The third-order valence-electron chi connectivity index (χ3n) is 4.59. The Morgan fingerprint density at radius 3 is 2.78 bits per heavy atom. The van der Waals surface area contributed by atoms with Crippen molar-refractivity contribution in [1.29, 1.82) is 0 Å². The van der Waals surface area contributed by atoms with Crippen molar-refractivity contribution in [1.82, 2.24) is 20.5 Å². The van der Waals surface area contributed by atoms with Gasteiger partial charge in [0.15, 0.2) is 6.04 Å². The van der Waals surface area contributed by atoms with E-state index in [1.165, 1.54) is 6.42 Å². The van der Waals surface area contributed by atoms with Gasteiger partial charge in [-0.2, -0.15) is 0 Å². The summed E-state index contributed by atoms with van der Waals surface area (Å²) in [5.74, 6) is -0.118. The van der Waals surface area contributed by atoms with Gasteiger partial charge in [-0.25, -0.2) is 4.79 Å². The number of hydrogen-bond acceptors (Lipinski definition) is 3. The number of carbonyl (C=O) groups is 2. The molecule has 0 spiro atoms. The molecule has 1 atom stereocenters. The van der Waals surface area contributed by atoms with Crippen molar-refractivity contribution in [2.24, 2.45) is 0 Å². The van der Waals surface area contributed by atoms with E-state index in [0.29, 0.717) is 18.8 Å². The normalized spacial score (nSPS) is 20.7. The lowest BCUT2D eigenvalue weighted by Gasteiger charge is -2.35. The summed E-state index contributed by atoms with van der Waals surface area (Å²) in [6.07, 6.45) is 8.10. The van der Waals surface area contributed by atoms with Gasteiger partial charge in [0.05, 0.1) is 5.69 Å². The summed E-state index contributed by atoms with van der Waals surface area (Å²) in [5.41, 5.74) is 0.623. The standard InChI is InChI=1S/C17H24N4O2/c22-16(20-13-7-2-1-3-8-13)15(14-9-4-5-10-18-14)21-12-6-11-19-17(21)23/h4-5,9-10,13,15H,1-3,6-8,11-12H2,(H,19,23)(H,20,22). The van der Waals surface area contributed by atoms with Gasteiger partial charge < -0.3 is 15.5 Å². The molecule has 2 heterocycles. The molecule has 1 unspecified atom stereocenters. The molecule has 2 aliphatic rings. The van der Waals surface area contributed by atoms with Crippen LogP contribution in [0.1, 0.15) is 50.3 Å². The highest BCUT2D eigenvalue weighted by molar-refractivity contribution is 5.88. The van der Waals surface area contributed by atoms with E-state index in [9.17, 15) is 9.59 Å². The average molecular weight is 316 g/mol. The SMILES string of the molecule is O=C(NC1CCCCC1)C(c1ccccn1)N1CCCNC1=O. The molecule has 1 aliphatic heterocycles. The molecular weight excluding hydrogens is 292 g/mol. The molecule has 0 bridgehead atoms. The molecular formula is C17H24N4O2. The lowest BCUT2D eigenvalue weighted by Crippen LogP contribution is -2.53. The van der Waals surface area contributed by atoms with Crippen LogP contribution in [-0.4, -0.2) is 41.0 Å². The van der Waals surface area contributed by atoms with Crippen LogP contribution in [0.3, 0.4) is 0 Å². The molecule has 1 saturated heterocycles. The molecule has 2 N–H and O–H groups in total. The Balaban J connectivity index is 1.79. The predicted octanol–water partition coefficient (Wildman–Crippen LogP) is 1.99. The Kier molecular flexibility index (Phi) is 5.10. The number of nitrogens with zero attached hydrogens (tertiary/aromatic N) is 2. The Morgan fingerprint density at radius 2 is 2.09 bits per heavy atom. The summed E-state index contributed by atoms with van der Waals surface area (Å²) >= 11 is 0. The number of carbonyl (C=O) groups excluding carboxylic acids is 2. The van der Waals surface area contributed by atoms with Gasteiger partial charge in [0, 0.05) is 25.3 Å². The minimum absolute atomic E-state index is 0.118. The Morgan fingerprint density at radius 1 is 1.26 bits per heavy atom. The fourth-order valence-corrected chi connectivity index (χ4v) is 3.39. The maximum absolute atomic E-state index is 12.9. The van der Waals surface area contributed by atoms with Gasteiger partial charge in [0.2, 0.25) is 5.91 Å². The number of urea groups is 1. The van der Waals surface area contributed by atoms with E-state index in [1.54, 1.807) is 11.1 Å². The van der Waals surface area contributed by atoms with Gasteiger partial charge >= 0.3 is 6.03 Å². The highest BCUT2D eigenvalue weighted by atomic mass is 16.2. The van der Waals surface area contributed by atoms with Gasteiger partial charge in [0.25, 0.3) is 0 Å². The molecule has 2 fully saturated rings. The van der Waals surface area contributed by atoms with Gasteiger partial charge in [-0.3, -0.25) is 9.78 Å². The molecule has 6 nitrogen and oxygen atoms in total. The molecule has 3 rings (SSSR count). The second-order valence-corrected chi connectivity index (χ2v) is 6.28. The fourth-order valence-electron chi connectivity index (χ4n) is 3.39. The van der Waals surface area contributed by atoms with E-state index < -0.39 is 6.04 Å². The van der Waals surface area contributed by atoms with Crippen molar-refractivity contribution >= 4 is 11.9 Å². The topological polar surface area (TPSA) is 74.3 Å². The van der Waals surface area contributed by atoms with Crippen molar-refractivity contribution in [2.75, 3.05) is 13.1 Å². The summed E-state index contributed by atoms with van der Waals surface area (Å²) in [4.78, 5) is 31.0. The number of aromatic nitrogens is 1. The fraction of sp³-hybridized carbons (Fsp3) is 0.588. The first-order valence-corrected chi connectivity index (χ1v) is 8.51. The lowest BCUT2D eigenvalue weighted by atomic mass is 9.95. The Hall–Kier alpha value is -2.11. The highest BCUT2D eigenvalue weighted by Crippen LogP contribution is 2.23. The van der Waals surface area contributed by atoms with Crippen LogP contribution in [0.5, 0.6) is 0 Å². The second kappa shape index (κ2) is 7.44. The molecule has 6 heteroatoms. The van der Waals surface area contributed by atoms with E-state index in [0.717, 1.165) is 32.1 Å². The molecule has 1 aromatic rings. The van der Waals surface area contributed by atoms with Gasteiger partial charge in [-0.15, -0.1) is 0 Å². The Bertz CT molecular complexity index is 543. The predicted molar refractivity (Wildman–Crippen MR) is 86.7 cm³/mol. The van der Waals surface area contributed by atoms with Crippen molar-refractivity contribution in [2.45, 2.75) is 50.6 Å². The van der Waals surface area contributed by atoms with Crippen LogP contribution in [-0.2, 0) is 4.79 Å². The first kappa shape index (κ1) is 15.8. The minimum Gasteiger partial charge on any atom is -0.351 e. The summed E-state index contributed by atoms with van der Waals surface area (Å²) in [5, 5.41) is 5.95. The molecule has 1 aliphatic carbocycles. The van der Waals surface area contributed by atoms with Gasteiger partial charge in [-0.05, 0) is 31.4 Å². The zero-order valence-corrected chi connectivity index (χ0v) is 13.3. The molecule has 1 aromatic heterocycles. The van der Waals surface area contributed by atoms with E-state index in [2.05, 4.69) is 15.6 Å². The van der Waals surface area contributed by atoms with E-state index >= 15 is 0 Å². The zero-order valence-electron chi connectivity index (χ0n) is 13.3. The van der Waals surface area contributed by atoms with Crippen LogP contribution in [0.15, 0.2) is 24.4 Å². The molecule has 0 aromatic carbocycles. The quantitative estimate of drug-likeness (QED) is 0.892. The summed E-state index contributed by atoms with van der Waals surface area (Å²) in [6, 6.07) is 4.85. The van der Waals surface area contributed by atoms with Crippen molar-refractivity contribution < 1.29 is 9.59 Å². The third-order valence-corrected chi connectivity index (χ3v) is 4.59. The minimum atomic E-state index is -0.654. The van der Waals surface area contributed by atoms with E-state index in [4.69, 9.17) is 0 Å². The summed E-state index contributed by atoms with van der Waals surface area (Å²) in [7, 11) is 0. The number of amides is 3. The Labute approximate surface area is 136 Å². The number of hydrogen-bond donors (Lipinski definition) is 2. The van der Waals surface area contributed by atoms with Gasteiger partial charge in [-0.1, -0.05) is 25.3 Å². The summed E-state index contributed by atoms with van der Waals surface area (Å²) < 4.78 is 0. The van der Waals surface area contributed by atoms with Crippen LogP contribution in [0, 0.1) is 0 Å². The number of nitrogens with one attached hydrogen (secondary N) is 2. The van der Waals surface area contributed by atoms with Crippen LogP contribution in [0.2, 0.25) is 0 Å². The average Bonchev–Trinajstić information content (AvgIpc) is 2.59. The smallest absolute Gasteiger partial charge is 0.318 e. The van der Waals surface area contributed by atoms with E-state index in [-0.39, 0.29) is 18.0 Å². The maximum atomic E-state index is 12.9. The molecule has 1 saturated carbocycles. The number of rotatable bonds is 4. The molecule has 124 valence electrons. The highest BCUT2D eigenvalue weighted by Gasteiger charge is 2.34. The zero-order chi connectivity index (χ0) is 16.1. The summed E-state index contributed by atoms with van der Waals surface area (Å²) in [6.45, 7) is 1.24. The maximum Gasteiger partial charge on any atom is 0.318 e. The second-order valence-electron chi connectivity index (χ2n) is 6.28. The first-order valence-electron chi connectivity index (χ1n) is 8.51. The lowest BCUT2D eigenvalue weighted by molar-refractivity contribution is -0.127. The largest absolute Gasteiger partial charge is 0.351 e. The molecule has 0 radical (unpaired) electrons. The van der Waals surface area contributed by atoms with Crippen molar-refractivity contribution in [3.05, 3.63) is 30.1 Å². The van der Waals surface area contributed by atoms with Crippen LogP contribution in [0.4, 0.5) is 4.79 Å². The van der Waals surface area contributed by atoms with Crippen molar-refractivity contribution in [3.8, 4) is 0 Å². The van der Waals surface area contributed by atoms with E-state index in [1.807, 2.05) is 18.2 Å². The van der Waals surface area contributed by atoms with Crippen molar-refractivity contribution in [3.63, 3.8) is 0 Å². The van der Waals surface area contributed by atoms with Gasteiger partial charge in [0.1, 0.15) is 0 Å². The molecule has 3 amide bonds. The first-order chi connectivity index (χ1) is 11.3. The third kappa shape index (κ3) is 3.81.